The van der Waals surface area contributed by atoms with Gasteiger partial charge >= 0.3 is 0 Å². The summed E-state index contributed by atoms with van der Waals surface area (Å²) in [5, 5.41) is 0.139. The van der Waals surface area contributed by atoms with Gasteiger partial charge < -0.3 is 4.90 Å². The second-order valence-electron chi connectivity index (χ2n) is 7.22. The van der Waals surface area contributed by atoms with Gasteiger partial charge in [-0.3, -0.25) is 9.69 Å². The minimum absolute atomic E-state index is 0.00263. The molecule has 1 amide bonds. The first-order chi connectivity index (χ1) is 12.7. The number of carbonyl (C=O) groups is 1. The van der Waals surface area contributed by atoms with Gasteiger partial charge in [0.2, 0.25) is 10.0 Å². The van der Waals surface area contributed by atoms with Gasteiger partial charge in [0.1, 0.15) is 4.90 Å². The summed E-state index contributed by atoms with van der Waals surface area (Å²) in [5.74, 6) is 0.447. The molecule has 2 rings (SSSR count). The first-order valence-corrected chi connectivity index (χ1v) is 11.3. The third-order valence-electron chi connectivity index (χ3n) is 4.78. The van der Waals surface area contributed by atoms with Crippen LogP contribution in [0.25, 0.3) is 0 Å². The van der Waals surface area contributed by atoms with E-state index in [0.717, 1.165) is 19.6 Å². The molecule has 0 unspecified atom stereocenters. The van der Waals surface area contributed by atoms with Crippen LogP contribution in [0.1, 0.15) is 38.1 Å². The number of sulfonamides is 1. The van der Waals surface area contributed by atoms with Gasteiger partial charge in [0.15, 0.2) is 0 Å². The predicted octanol–water partition coefficient (Wildman–Crippen LogP) is 2.78. The summed E-state index contributed by atoms with van der Waals surface area (Å²) in [5.41, 5.74) is 0.363. The van der Waals surface area contributed by atoms with Gasteiger partial charge in [0, 0.05) is 51.4 Å². The van der Waals surface area contributed by atoms with Crippen LogP contribution >= 0.6 is 11.6 Å². The number of carbonyl (C=O) groups excluding carboxylic acids is 1. The van der Waals surface area contributed by atoms with Crippen molar-refractivity contribution in [3.63, 3.8) is 0 Å². The summed E-state index contributed by atoms with van der Waals surface area (Å²) in [6.45, 7) is 12.6. The predicted molar refractivity (Wildman–Crippen MR) is 109 cm³/mol. The SMILES string of the molecule is CCN(CC)S(=O)(=O)c1cc(C(=O)N2CCN(CC(C)C)CC2)ccc1Cl. The number of halogens is 1. The van der Waals surface area contributed by atoms with Crippen molar-refractivity contribution >= 4 is 27.5 Å². The molecule has 0 spiro atoms. The molecule has 1 heterocycles. The van der Waals surface area contributed by atoms with Gasteiger partial charge in [0.05, 0.1) is 5.02 Å². The Hall–Kier alpha value is -1.15. The molecule has 1 aromatic rings. The van der Waals surface area contributed by atoms with Crippen LogP contribution in [0.3, 0.4) is 0 Å². The van der Waals surface area contributed by atoms with Crippen molar-refractivity contribution in [2.24, 2.45) is 5.92 Å². The quantitative estimate of drug-likeness (QED) is 0.687. The van der Waals surface area contributed by atoms with Crippen LogP contribution in [-0.2, 0) is 10.0 Å². The van der Waals surface area contributed by atoms with Crippen LogP contribution in [0.15, 0.2) is 23.1 Å². The lowest BCUT2D eigenvalue weighted by atomic mass is 10.1. The van der Waals surface area contributed by atoms with Crippen LogP contribution in [-0.4, -0.2) is 74.2 Å². The van der Waals surface area contributed by atoms with E-state index >= 15 is 0 Å². The van der Waals surface area contributed by atoms with E-state index < -0.39 is 10.0 Å². The van der Waals surface area contributed by atoms with Crippen molar-refractivity contribution in [2.75, 3.05) is 45.8 Å². The molecule has 0 saturated carbocycles. The highest BCUT2D eigenvalue weighted by Crippen LogP contribution is 2.26. The lowest BCUT2D eigenvalue weighted by Gasteiger charge is -2.35. The fourth-order valence-electron chi connectivity index (χ4n) is 3.37. The molecule has 0 atom stereocenters. The van der Waals surface area contributed by atoms with E-state index in [2.05, 4.69) is 18.7 Å². The maximum atomic E-state index is 12.9. The molecule has 0 bridgehead atoms. The molecule has 6 nitrogen and oxygen atoms in total. The average Bonchev–Trinajstić information content (AvgIpc) is 2.62. The van der Waals surface area contributed by atoms with Crippen molar-refractivity contribution in [2.45, 2.75) is 32.6 Å². The number of piperazine rings is 1. The third kappa shape index (κ3) is 5.22. The van der Waals surface area contributed by atoms with Crippen LogP contribution < -0.4 is 0 Å². The highest BCUT2D eigenvalue weighted by molar-refractivity contribution is 7.89. The summed E-state index contributed by atoms with van der Waals surface area (Å²) in [7, 11) is -3.72. The number of benzene rings is 1. The Morgan fingerprint density at radius 3 is 2.26 bits per heavy atom. The number of hydrogen-bond acceptors (Lipinski definition) is 4. The molecule has 1 saturated heterocycles. The van der Waals surface area contributed by atoms with E-state index in [-0.39, 0.29) is 15.8 Å². The molecule has 8 heteroatoms. The first-order valence-electron chi connectivity index (χ1n) is 9.52. The van der Waals surface area contributed by atoms with Crippen LogP contribution in [0.2, 0.25) is 5.02 Å². The smallest absolute Gasteiger partial charge is 0.253 e. The number of hydrogen-bond donors (Lipinski definition) is 0. The number of rotatable bonds is 7. The Kier molecular flexibility index (Phi) is 7.68. The van der Waals surface area contributed by atoms with Crippen LogP contribution in [0, 0.1) is 5.92 Å². The van der Waals surface area contributed by atoms with E-state index in [1.165, 1.54) is 16.4 Å². The molecular formula is C19H30ClN3O3S. The molecule has 27 heavy (non-hydrogen) atoms. The first kappa shape index (κ1) is 22.1. The molecule has 1 aliphatic heterocycles. The molecule has 1 aliphatic rings. The minimum atomic E-state index is -3.72. The Labute approximate surface area is 168 Å². The molecule has 1 aromatic carbocycles. The standard InChI is InChI=1S/C19H30ClN3O3S/c1-5-23(6-2)27(25,26)18-13-16(7-8-17(18)20)19(24)22-11-9-21(10-12-22)14-15(3)4/h7-8,13,15H,5-6,9-12,14H2,1-4H3. The molecule has 0 N–H and O–H groups in total. The van der Waals surface area contributed by atoms with Crippen molar-refractivity contribution in [3.8, 4) is 0 Å². The Morgan fingerprint density at radius 2 is 1.74 bits per heavy atom. The summed E-state index contributed by atoms with van der Waals surface area (Å²) >= 11 is 6.16. The van der Waals surface area contributed by atoms with E-state index in [1.807, 2.05) is 0 Å². The molecule has 0 aliphatic carbocycles. The highest BCUT2D eigenvalue weighted by atomic mass is 35.5. The molecule has 152 valence electrons. The van der Waals surface area contributed by atoms with E-state index in [1.54, 1.807) is 24.8 Å². The van der Waals surface area contributed by atoms with Gasteiger partial charge in [-0.1, -0.05) is 39.3 Å². The fraction of sp³-hybridized carbons (Fsp3) is 0.632. The van der Waals surface area contributed by atoms with Crippen molar-refractivity contribution in [1.29, 1.82) is 0 Å². The third-order valence-corrected chi connectivity index (χ3v) is 7.32. The fourth-order valence-corrected chi connectivity index (χ4v) is 5.33. The topological polar surface area (TPSA) is 60.9 Å². The maximum absolute atomic E-state index is 12.9. The van der Waals surface area contributed by atoms with Gasteiger partial charge in [0.25, 0.3) is 5.91 Å². The Morgan fingerprint density at radius 1 is 1.15 bits per heavy atom. The second kappa shape index (κ2) is 9.37. The zero-order valence-electron chi connectivity index (χ0n) is 16.6. The lowest BCUT2D eigenvalue weighted by molar-refractivity contribution is 0.0623. The van der Waals surface area contributed by atoms with Crippen molar-refractivity contribution in [1.82, 2.24) is 14.1 Å². The molecule has 1 fully saturated rings. The normalized spacial score (nSPS) is 16.3. The van der Waals surface area contributed by atoms with E-state index in [4.69, 9.17) is 11.6 Å². The average molecular weight is 416 g/mol. The van der Waals surface area contributed by atoms with Gasteiger partial charge in [-0.15, -0.1) is 0 Å². The summed E-state index contributed by atoms with van der Waals surface area (Å²) < 4.78 is 27.0. The highest BCUT2D eigenvalue weighted by Gasteiger charge is 2.27. The van der Waals surface area contributed by atoms with E-state index in [9.17, 15) is 13.2 Å². The monoisotopic (exact) mass is 415 g/mol. The van der Waals surface area contributed by atoms with Gasteiger partial charge in [-0.2, -0.15) is 4.31 Å². The molecule has 0 radical (unpaired) electrons. The second-order valence-corrected chi connectivity index (χ2v) is 9.53. The number of nitrogens with zero attached hydrogens (tertiary/aromatic N) is 3. The summed E-state index contributed by atoms with van der Waals surface area (Å²) in [6, 6.07) is 4.52. The Balaban J connectivity index is 2.19. The van der Waals surface area contributed by atoms with Gasteiger partial charge in [-0.25, -0.2) is 8.42 Å². The van der Waals surface area contributed by atoms with Gasteiger partial charge in [-0.05, 0) is 24.1 Å². The van der Waals surface area contributed by atoms with Crippen LogP contribution in [0.5, 0.6) is 0 Å². The maximum Gasteiger partial charge on any atom is 0.253 e. The number of amides is 1. The van der Waals surface area contributed by atoms with Crippen LogP contribution in [0.4, 0.5) is 0 Å². The zero-order chi connectivity index (χ0) is 20.2. The molecular weight excluding hydrogens is 386 g/mol. The van der Waals surface area contributed by atoms with Crippen molar-refractivity contribution < 1.29 is 13.2 Å². The summed E-state index contributed by atoms with van der Waals surface area (Å²) in [6.07, 6.45) is 0. The largest absolute Gasteiger partial charge is 0.336 e. The lowest BCUT2D eigenvalue weighted by Crippen LogP contribution is -2.49. The Bertz CT molecular complexity index is 755. The molecule has 0 aromatic heterocycles. The summed E-state index contributed by atoms with van der Waals surface area (Å²) in [4.78, 5) is 17.0. The van der Waals surface area contributed by atoms with Crippen molar-refractivity contribution in [3.05, 3.63) is 28.8 Å². The zero-order valence-corrected chi connectivity index (χ0v) is 18.2. The minimum Gasteiger partial charge on any atom is -0.336 e. The van der Waals surface area contributed by atoms with E-state index in [0.29, 0.717) is 37.7 Å².